The van der Waals surface area contributed by atoms with Crippen LogP contribution in [0.3, 0.4) is 0 Å². The fourth-order valence-corrected chi connectivity index (χ4v) is 3.32. The van der Waals surface area contributed by atoms with Gasteiger partial charge >= 0.3 is 0 Å². The maximum absolute atomic E-state index is 12.0. The van der Waals surface area contributed by atoms with Crippen LogP contribution in [0.1, 0.15) is 27.7 Å². The minimum absolute atomic E-state index is 0.0403. The van der Waals surface area contributed by atoms with Gasteiger partial charge in [-0.15, -0.1) is 0 Å². The molecule has 0 aromatic rings. The topological polar surface area (TPSA) is 96.0 Å². The first-order chi connectivity index (χ1) is 7.20. The zero-order valence-electron chi connectivity index (χ0n) is 10.2. The molecule has 7 heteroatoms. The third-order valence-corrected chi connectivity index (χ3v) is 4.28. The molecule has 0 heterocycles. The van der Waals surface area contributed by atoms with E-state index in [0.717, 1.165) is 0 Å². The Morgan fingerprint density at radius 3 is 2.19 bits per heavy atom. The van der Waals surface area contributed by atoms with Gasteiger partial charge in [-0.05, 0) is 19.8 Å². The summed E-state index contributed by atoms with van der Waals surface area (Å²) in [4.78, 5) is 0. The molecular formula is C9H21N3O3S. The number of nitrogens with two attached hydrogens (primary N) is 1. The summed E-state index contributed by atoms with van der Waals surface area (Å²) in [5, 5.41) is 11.2. The molecule has 0 unspecified atom stereocenters. The molecule has 0 aliphatic carbocycles. The molecule has 0 fully saturated rings. The molecule has 0 aromatic carbocycles. The first-order valence-corrected chi connectivity index (χ1v) is 6.77. The van der Waals surface area contributed by atoms with Crippen LogP contribution in [0.5, 0.6) is 0 Å². The van der Waals surface area contributed by atoms with Gasteiger partial charge in [-0.1, -0.05) is 19.0 Å². The first kappa shape index (κ1) is 15.2. The molecule has 0 amide bonds. The van der Waals surface area contributed by atoms with Crippen molar-refractivity contribution in [2.24, 2.45) is 16.8 Å². The zero-order valence-corrected chi connectivity index (χ0v) is 11.0. The molecule has 96 valence electrons. The first-order valence-electron chi connectivity index (χ1n) is 5.16. The van der Waals surface area contributed by atoms with Crippen LogP contribution in [-0.4, -0.2) is 42.1 Å². The Morgan fingerprint density at radius 2 is 1.88 bits per heavy atom. The Balaban J connectivity index is 4.92. The van der Waals surface area contributed by atoms with E-state index in [2.05, 4.69) is 5.16 Å². The second-order valence-electron chi connectivity index (χ2n) is 4.40. The molecule has 0 saturated heterocycles. The average Bonchev–Trinajstić information content (AvgIpc) is 2.10. The molecule has 0 saturated carbocycles. The monoisotopic (exact) mass is 251 g/mol. The quantitative estimate of drug-likeness (QED) is 0.310. The van der Waals surface area contributed by atoms with E-state index in [1.165, 1.54) is 4.31 Å². The number of oxime groups is 1. The van der Waals surface area contributed by atoms with E-state index >= 15 is 0 Å². The van der Waals surface area contributed by atoms with Crippen LogP contribution in [0, 0.1) is 5.92 Å². The van der Waals surface area contributed by atoms with Crippen LogP contribution < -0.4 is 5.73 Å². The van der Waals surface area contributed by atoms with Crippen molar-refractivity contribution in [1.29, 1.82) is 0 Å². The molecule has 0 bridgehead atoms. The number of hydrogen-bond acceptors (Lipinski definition) is 4. The van der Waals surface area contributed by atoms with E-state index < -0.39 is 10.0 Å². The van der Waals surface area contributed by atoms with Gasteiger partial charge in [0.2, 0.25) is 10.0 Å². The lowest BCUT2D eigenvalue weighted by atomic mass is 10.3. The van der Waals surface area contributed by atoms with Crippen LogP contribution in [0.4, 0.5) is 0 Å². The molecule has 6 nitrogen and oxygen atoms in total. The third-order valence-electron chi connectivity index (χ3n) is 1.92. The smallest absolute Gasteiger partial charge is 0.214 e. The van der Waals surface area contributed by atoms with Crippen molar-refractivity contribution >= 4 is 15.9 Å². The zero-order chi connectivity index (χ0) is 12.9. The normalized spacial score (nSPS) is 14.1. The van der Waals surface area contributed by atoms with Crippen molar-refractivity contribution in [2.75, 3.05) is 12.3 Å². The molecule has 16 heavy (non-hydrogen) atoms. The van der Waals surface area contributed by atoms with Gasteiger partial charge in [0.25, 0.3) is 0 Å². The highest BCUT2D eigenvalue weighted by Crippen LogP contribution is 2.10. The third kappa shape index (κ3) is 4.80. The summed E-state index contributed by atoms with van der Waals surface area (Å²) in [5.74, 6) is -0.0104. The fourth-order valence-electron chi connectivity index (χ4n) is 1.31. The van der Waals surface area contributed by atoms with E-state index in [-0.39, 0.29) is 30.1 Å². The van der Waals surface area contributed by atoms with E-state index in [4.69, 9.17) is 10.9 Å². The number of sulfonamides is 1. The van der Waals surface area contributed by atoms with Gasteiger partial charge in [-0.25, -0.2) is 8.42 Å². The van der Waals surface area contributed by atoms with Gasteiger partial charge in [-0.3, -0.25) is 0 Å². The second kappa shape index (κ2) is 6.05. The Labute approximate surface area is 97.2 Å². The van der Waals surface area contributed by atoms with E-state index in [1.807, 2.05) is 13.8 Å². The maximum atomic E-state index is 12.0. The summed E-state index contributed by atoms with van der Waals surface area (Å²) < 4.78 is 25.2. The fraction of sp³-hybridized carbons (Fsp3) is 0.889. The van der Waals surface area contributed by atoms with Crippen molar-refractivity contribution in [1.82, 2.24) is 4.31 Å². The number of hydrogen-bond donors (Lipinski definition) is 2. The number of amidine groups is 1. The molecule has 0 rings (SSSR count). The number of rotatable bonds is 6. The predicted octanol–water partition coefficient (Wildman–Crippen LogP) is 0.429. The van der Waals surface area contributed by atoms with Crippen molar-refractivity contribution < 1.29 is 13.6 Å². The van der Waals surface area contributed by atoms with Crippen LogP contribution in [-0.2, 0) is 10.0 Å². The minimum atomic E-state index is -3.36. The molecule has 0 aliphatic rings. The SMILES string of the molecule is CC(C)CS(=O)(=O)N(CC(N)=NO)C(C)C. The van der Waals surface area contributed by atoms with Crippen LogP contribution in [0.25, 0.3) is 0 Å². The highest BCUT2D eigenvalue weighted by Gasteiger charge is 2.26. The molecule has 3 N–H and O–H groups in total. The maximum Gasteiger partial charge on any atom is 0.214 e. The summed E-state index contributed by atoms with van der Waals surface area (Å²) in [7, 11) is -3.36. The predicted molar refractivity (Wildman–Crippen MR) is 63.9 cm³/mol. The lowest BCUT2D eigenvalue weighted by Gasteiger charge is -2.26. The van der Waals surface area contributed by atoms with E-state index in [9.17, 15) is 8.42 Å². The van der Waals surface area contributed by atoms with Gasteiger partial charge in [0.15, 0.2) is 5.84 Å². The number of nitrogens with zero attached hydrogens (tertiary/aromatic N) is 2. The van der Waals surface area contributed by atoms with Crippen molar-refractivity contribution in [3.8, 4) is 0 Å². The van der Waals surface area contributed by atoms with Gasteiger partial charge in [0.05, 0.1) is 12.3 Å². The van der Waals surface area contributed by atoms with Crippen molar-refractivity contribution in [3.05, 3.63) is 0 Å². The lowest BCUT2D eigenvalue weighted by molar-refractivity contribution is 0.312. The summed E-state index contributed by atoms with van der Waals surface area (Å²) in [6, 6.07) is -0.218. The van der Waals surface area contributed by atoms with Gasteiger partial charge in [0.1, 0.15) is 0 Å². The molecule has 0 atom stereocenters. The second-order valence-corrected chi connectivity index (χ2v) is 6.37. The molecule has 0 radical (unpaired) electrons. The summed E-state index contributed by atoms with van der Waals surface area (Å²) in [5.41, 5.74) is 5.33. The molecule has 0 spiro atoms. The molecule has 0 aliphatic heterocycles. The van der Waals surface area contributed by atoms with Gasteiger partial charge in [-0.2, -0.15) is 4.31 Å². The summed E-state index contributed by atoms with van der Waals surface area (Å²) >= 11 is 0. The Hall–Kier alpha value is -0.820. The Morgan fingerprint density at radius 1 is 1.38 bits per heavy atom. The highest BCUT2D eigenvalue weighted by molar-refractivity contribution is 7.89. The van der Waals surface area contributed by atoms with Crippen LogP contribution in [0.2, 0.25) is 0 Å². The summed E-state index contributed by atoms with van der Waals surface area (Å²) in [6.07, 6.45) is 0. The standard InChI is InChI=1S/C9H21N3O3S/c1-7(2)6-16(14,15)12(8(3)4)5-9(10)11-13/h7-8,13H,5-6H2,1-4H3,(H2,10,11). The minimum Gasteiger partial charge on any atom is -0.409 e. The highest BCUT2D eigenvalue weighted by atomic mass is 32.2. The van der Waals surface area contributed by atoms with Gasteiger partial charge < -0.3 is 10.9 Å². The van der Waals surface area contributed by atoms with E-state index in [1.54, 1.807) is 13.8 Å². The van der Waals surface area contributed by atoms with E-state index in [0.29, 0.717) is 0 Å². The van der Waals surface area contributed by atoms with Crippen molar-refractivity contribution in [3.63, 3.8) is 0 Å². The molecule has 0 aromatic heterocycles. The summed E-state index contributed by atoms with van der Waals surface area (Å²) in [6.45, 7) is 7.09. The van der Waals surface area contributed by atoms with Crippen LogP contribution in [0.15, 0.2) is 5.16 Å². The lowest BCUT2D eigenvalue weighted by Crippen LogP contribution is -2.44. The molecular weight excluding hydrogens is 230 g/mol. The largest absolute Gasteiger partial charge is 0.409 e. The average molecular weight is 251 g/mol. The van der Waals surface area contributed by atoms with Crippen LogP contribution >= 0.6 is 0 Å². The van der Waals surface area contributed by atoms with Gasteiger partial charge in [0, 0.05) is 6.04 Å². The Kier molecular flexibility index (Phi) is 5.74. The van der Waals surface area contributed by atoms with Crippen molar-refractivity contribution in [2.45, 2.75) is 33.7 Å². The Bertz CT molecular complexity index is 336.